The standard InChI is InChI=1S/C24H23ClN2O5S/c1-15-26-22(21(23(27-15)33-4)20(14-29-2)24(28)30-3)32-19-10-6-9-18(12-19)31-13-16-7-5-8-17(25)11-16/h5-12,14H,13H2,1-4H3/b20-14+. The van der Waals surface area contributed by atoms with E-state index >= 15 is 0 Å². The minimum Gasteiger partial charge on any atom is -0.503 e. The van der Waals surface area contributed by atoms with Crippen molar-refractivity contribution in [3.63, 3.8) is 0 Å². The first-order valence-electron chi connectivity index (χ1n) is 9.84. The Morgan fingerprint density at radius 3 is 2.55 bits per heavy atom. The minimum atomic E-state index is -0.594. The lowest BCUT2D eigenvalue weighted by atomic mass is 10.1. The van der Waals surface area contributed by atoms with E-state index in [9.17, 15) is 4.79 Å². The smallest absolute Gasteiger partial charge is 0.341 e. The summed E-state index contributed by atoms with van der Waals surface area (Å²) < 4.78 is 22.0. The number of hydrogen-bond acceptors (Lipinski definition) is 8. The molecule has 7 nitrogen and oxygen atoms in total. The number of benzene rings is 2. The summed E-state index contributed by atoms with van der Waals surface area (Å²) >= 11 is 7.40. The lowest BCUT2D eigenvalue weighted by Crippen LogP contribution is -2.10. The van der Waals surface area contributed by atoms with Crippen molar-refractivity contribution in [1.29, 1.82) is 0 Å². The average Bonchev–Trinajstić information content (AvgIpc) is 2.81. The number of nitrogens with zero attached hydrogens (tertiary/aromatic N) is 2. The fourth-order valence-corrected chi connectivity index (χ4v) is 3.78. The first kappa shape index (κ1) is 24.4. The topological polar surface area (TPSA) is 79.8 Å². The number of halogens is 1. The molecule has 3 rings (SSSR count). The Balaban J connectivity index is 1.93. The molecule has 1 heterocycles. The van der Waals surface area contributed by atoms with Gasteiger partial charge in [-0.3, -0.25) is 0 Å². The molecule has 1 aromatic heterocycles. The van der Waals surface area contributed by atoms with Crippen molar-refractivity contribution in [3.8, 4) is 17.4 Å². The first-order valence-corrected chi connectivity index (χ1v) is 11.4. The maximum Gasteiger partial charge on any atom is 0.341 e. The molecule has 172 valence electrons. The molecule has 33 heavy (non-hydrogen) atoms. The van der Waals surface area contributed by atoms with Gasteiger partial charge in [-0.25, -0.2) is 9.78 Å². The van der Waals surface area contributed by atoms with Gasteiger partial charge in [-0.15, -0.1) is 11.8 Å². The number of ether oxygens (including phenoxy) is 4. The molecular weight excluding hydrogens is 464 g/mol. The normalized spacial score (nSPS) is 11.1. The molecule has 0 fully saturated rings. The molecule has 0 atom stereocenters. The van der Waals surface area contributed by atoms with E-state index in [4.69, 9.17) is 30.5 Å². The van der Waals surface area contributed by atoms with Crippen molar-refractivity contribution in [1.82, 2.24) is 9.97 Å². The van der Waals surface area contributed by atoms with Gasteiger partial charge in [0, 0.05) is 11.1 Å². The number of aromatic nitrogens is 2. The summed E-state index contributed by atoms with van der Waals surface area (Å²) in [6.07, 6.45) is 3.14. The summed E-state index contributed by atoms with van der Waals surface area (Å²) in [4.78, 5) is 21.3. The van der Waals surface area contributed by atoms with Crippen molar-refractivity contribution < 1.29 is 23.7 Å². The maximum absolute atomic E-state index is 12.4. The Bertz CT molecular complexity index is 1170. The monoisotopic (exact) mass is 486 g/mol. The van der Waals surface area contributed by atoms with Crippen LogP contribution in [0.1, 0.15) is 17.0 Å². The zero-order valence-corrected chi connectivity index (χ0v) is 20.2. The van der Waals surface area contributed by atoms with Gasteiger partial charge in [-0.1, -0.05) is 29.8 Å². The van der Waals surface area contributed by atoms with Gasteiger partial charge in [0.2, 0.25) is 5.88 Å². The Hall–Kier alpha value is -3.23. The Morgan fingerprint density at radius 1 is 1.09 bits per heavy atom. The fraction of sp³-hybridized carbons (Fsp3) is 0.208. The van der Waals surface area contributed by atoms with Gasteiger partial charge in [0.25, 0.3) is 0 Å². The number of rotatable bonds is 9. The summed E-state index contributed by atoms with van der Waals surface area (Å²) in [5.41, 5.74) is 1.47. The largest absolute Gasteiger partial charge is 0.503 e. The van der Waals surface area contributed by atoms with Crippen LogP contribution >= 0.6 is 23.4 Å². The van der Waals surface area contributed by atoms with Crippen LogP contribution in [-0.2, 0) is 20.9 Å². The van der Waals surface area contributed by atoms with Crippen molar-refractivity contribution in [2.45, 2.75) is 18.6 Å². The van der Waals surface area contributed by atoms with Gasteiger partial charge >= 0.3 is 5.97 Å². The third-order valence-corrected chi connectivity index (χ3v) is 5.29. The summed E-state index contributed by atoms with van der Waals surface area (Å²) in [6.45, 7) is 2.10. The molecule has 0 spiro atoms. The molecule has 0 radical (unpaired) electrons. The van der Waals surface area contributed by atoms with Gasteiger partial charge in [0.15, 0.2) is 0 Å². The molecule has 0 bridgehead atoms. The highest BCUT2D eigenvalue weighted by atomic mass is 35.5. The number of carbonyl (C=O) groups excluding carboxylic acids is 1. The molecule has 3 aromatic rings. The SMILES string of the molecule is CO/C=C(/C(=O)OC)c1c(Oc2cccc(OCc3cccc(Cl)c3)c2)nc(C)nc1SC. The maximum atomic E-state index is 12.4. The molecule has 0 amide bonds. The summed E-state index contributed by atoms with van der Waals surface area (Å²) in [5.74, 6) is 1.18. The van der Waals surface area contributed by atoms with E-state index in [2.05, 4.69) is 9.97 Å². The average molecular weight is 487 g/mol. The van der Waals surface area contributed by atoms with Gasteiger partial charge < -0.3 is 18.9 Å². The molecule has 0 saturated heterocycles. The van der Waals surface area contributed by atoms with Crippen LogP contribution in [0.15, 0.2) is 59.8 Å². The van der Waals surface area contributed by atoms with E-state index in [1.54, 1.807) is 25.1 Å². The number of aryl methyl sites for hydroxylation is 1. The zero-order chi connectivity index (χ0) is 23.8. The third kappa shape index (κ3) is 6.40. The number of esters is 1. The second kappa shape index (κ2) is 11.6. The molecule has 9 heteroatoms. The van der Waals surface area contributed by atoms with Crippen molar-refractivity contribution in [3.05, 3.63) is 76.8 Å². The predicted molar refractivity (Wildman–Crippen MR) is 128 cm³/mol. The first-order chi connectivity index (χ1) is 15.9. The molecule has 0 aliphatic carbocycles. The lowest BCUT2D eigenvalue weighted by molar-refractivity contribution is -0.133. The molecule has 0 N–H and O–H groups in total. The van der Waals surface area contributed by atoms with E-state index in [0.29, 0.717) is 39.5 Å². The quantitative estimate of drug-likeness (QED) is 0.125. The number of hydrogen-bond donors (Lipinski definition) is 0. The van der Waals surface area contributed by atoms with Crippen LogP contribution in [0.5, 0.6) is 17.4 Å². The number of carbonyl (C=O) groups is 1. The number of methoxy groups -OCH3 is 2. The molecule has 0 saturated carbocycles. The summed E-state index contributed by atoms with van der Waals surface area (Å²) in [6, 6.07) is 14.6. The van der Waals surface area contributed by atoms with Crippen molar-refractivity contribution in [2.24, 2.45) is 0 Å². The van der Waals surface area contributed by atoms with Gasteiger partial charge in [-0.05, 0) is 43.0 Å². The highest BCUT2D eigenvalue weighted by Crippen LogP contribution is 2.36. The van der Waals surface area contributed by atoms with Crippen LogP contribution in [0, 0.1) is 6.92 Å². The summed E-state index contributed by atoms with van der Waals surface area (Å²) in [7, 11) is 2.74. The molecule has 2 aromatic carbocycles. The van der Waals surface area contributed by atoms with Crippen LogP contribution in [0.4, 0.5) is 0 Å². The van der Waals surface area contributed by atoms with Crippen LogP contribution in [0.3, 0.4) is 0 Å². The fourth-order valence-electron chi connectivity index (χ4n) is 2.94. The van der Waals surface area contributed by atoms with E-state index in [0.717, 1.165) is 5.56 Å². The molecular formula is C24H23ClN2O5S. The van der Waals surface area contributed by atoms with Crippen LogP contribution in [0.2, 0.25) is 5.02 Å². The van der Waals surface area contributed by atoms with Crippen molar-refractivity contribution in [2.75, 3.05) is 20.5 Å². The highest BCUT2D eigenvalue weighted by Gasteiger charge is 2.25. The van der Waals surface area contributed by atoms with Gasteiger partial charge in [0.1, 0.15) is 34.5 Å². The van der Waals surface area contributed by atoms with Gasteiger partial charge in [0.05, 0.1) is 26.0 Å². The van der Waals surface area contributed by atoms with E-state index in [1.807, 2.05) is 36.6 Å². The van der Waals surface area contributed by atoms with E-state index in [-0.39, 0.29) is 11.5 Å². The van der Waals surface area contributed by atoms with Crippen LogP contribution < -0.4 is 9.47 Å². The Kier molecular flexibility index (Phi) is 8.57. The van der Waals surface area contributed by atoms with Crippen molar-refractivity contribution >= 4 is 34.9 Å². The minimum absolute atomic E-state index is 0.146. The van der Waals surface area contributed by atoms with E-state index < -0.39 is 5.97 Å². The second-order valence-electron chi connectivity index (χ2n) is 6.71. The summed E-state index contributed by atoms with van der Waals surface area (Å²) in [5, 5.41) is 1.20. The van der Waals surface area contributed by atoms with E-state index in [1.165, 1.54) is 32.2 Å². The molecule has 0 aliphatic heterocycles. The lowest BCUT2D eigenvalue weighted by Gasteiger charge is -2.15. The predicted octanol–water partition coefficient (Wildman–Crippen LogP) is 5.69. The number of thioether (sulfide) groups is 1. The Morgan fingerprint density at radius 2 is 1.85 bits per heavy atom. The van der Waals surface area contributed by atoms with Crippen LogP contribution in [0.25, 0.3) is 5.57 Å². The second-order valence-corrected chi connectivity index (χ2v) is 7.95. The van der Waals surface area contributed by atoms with Crippen LogP contribution in [-0.4, -0.2) is 36.4 Å². The van der Waals surface area contributed by atoms with Gasteiger partial charge in [-0.2, -0.15) is 4.98 Å². The third-order valence-electron chi connectivity index (χ3n) is 4.37. The molecule has 0 unspecified atom stereocenters. The molecule has 0 aliphatic rings. The zero-order valence-electron chi connectivity index (χ0n) is 18.6. The Labute approximate surface area is 201 Å². The highest BCUT2D eigenvalue weighted by molar-refractivity contribution is 7.98.